The number of rotatable bonds is 2. The monoisotopic (exact) mass is 162 g/mol. The lowest BCUT2D eigenvalue weighted by Gasteiger charge is -2.04. The van der Waals surface area contributed by atoms with Gasteiger partial charge >= 0.3 is 6.18 Å². The summed E-state index contributed by atoms with van der Waals surface area (Å²) in [6.07, 6.45) is 0.327. The van der Waals surface area contributed by atoms with Crippen molar-refractivity contribution < 1.29 is 13.2 Å². The quantitative estimate of drug-likeness (QED) is 0.547. The van der Waals surface area contributed by atoms with E-state index < -0.39 is 11.7 Å². The molecule has 0 amide bonds. The van der Waals surface area contributed by atoms with Gasteiger partial charge in [-0.05, 0) is 6.92 Å². The van der Waals surface area contributed by atoms with Crippen LogP contribution in [0.2, 0.25) is 0 Å². The Kier molecular flexibility index (Phi) is 3.65. The molecule has 3 heteroatoms. The maximum atomic E-state index is 11.9. The normalized spacial score (nSPS) is 14.0. The Balaban J connectivity index is 4.53. The first-order valence-electron chi connectivity index (χ1n) is 3.05. The van der Waals surface area contributed by atoms with Crippen molar-refractivity contribution in [3.05, 3.63) is 36.5 Å². The Hall–Kier alpha value is -0.990. The predicted octanol–water partition coefficient (Wildman–Crippen LogP) is 3.24. The molecule has 0 spiro atoms. The van der Waals surface area contributed by atoms with Crippen molar-refractivity contribution in [1.29, 1.82) is 0 Å². The lowest BCUT2D eigenvalue weighted by atomic mass is 10.2. The van der Waals surface area contributed by atoms with E-state index in [-0.39, 0.29) is 0 Å². The first-order chi connectivity index (χ1) is 5.02. The second-order valence-corrected chi connectivity index (χ2v) is 1.85. The maximum absolute atomic E-state index is 11.9. The minimum absolute atomic E-state index is 0.726. The molecule has 0 aromatic rings. The summed E-state index contributed by atoms with van der Waals surface area (Å²) >= 11 is 0. The number of halogens is 3. The van der Waals surface area contributed by atoms with Gasteiger partial charge in [0.25, 0.3) is 0 Å². The van der Waals surface area contributed by atoms with E-state index in [0.29, 0.717) is 0 Å². The van der Waals surface area contributed by atoms with Crippen LogP contribution in [0.4, 0.5) is 13.2 Å². The Morgan fingerprint density at radius 2 is 1.91 bits per heavy atom. The molecule has 0 N–H and O–H groups in total. The number of hydrogen-bond acceptors (Lipinski definition) is 0. The van der Waals surface area contributed by atoms with Crippen LogP contribution < -0.4 is 0 Å². The van der Waals surface area contributed by atoms with Gasteiger partial charge in [0.05, 0.1) is 5.57 Å². The van der Waals surface area contributed by atoms with Gasteiger partial charge in [-0.2, -0.15) is 13.2 Å². The SMILES string of the molecule is C=C/C(=C\C=C/C)C(F)(F)F. The summed E-state index contributed by atoms with van der Waals surface area (Å²) in [5.74, 6) is 0. The largest absolute Gasteiger partial charge is 0.416 e. The molecule has 0 fully saturated rings. The van der Waals surface area contributed by atoms with E-state index in [1.54, 1.807) is 6.92 Å². The number of alkyl halides is 3. The summed E-state index contributed by atoms with van der Waals surface area (Å²) in [5, 5.41) is 0. The topological polar surface area (TPSA) is 0 Å². The van der Waals surface area contributed by atoms with E-state index in [2.05, 4.69) is 6.58 Å². The second-order valence-electron chi connectivity index (χ2n) is 1.85. The molecular weight excluding hydrogens is 153 g/mol. The molecule has 0 heterocycles. The smallest absolute Gasteiger partial charge is 0.166 e. The fraction of sp³-hybridized carbons (Fsp3) is 0.250. The molecule has 0 aliphatic heterocycles. The van der Waals surface area contributed by atoms with Crippen LogP contribution in [0.15, 0.2) is 36.5 Å². The molecule has 11 heavy (non-hydrogen) atoms. The van der Waals surface area contributed by atoms with Crippen molar-refractivity contribution in [3.63, 3.8) is 0 Å². The van der Waals surface area contributed by atoms with Crippen molar-refractivity contribution in [2.45, 2.75) is 13.1 Å². The zero-order valence-corrected chi connectivity index (χ0v) is 6.15. The van der Waals surface area contributed by atoms with E-state index in [9.17, 15) is 13.2 Å². The summed E-state index contributed by atoms with van der Waals surface area (Å²) < 4.78 is 35.6. The van der Waals surface area contributed by atoms with E-state index in [1.165, 1.54) is 12.2 Å². The van der Waals surface area contributed by atoms with Gasteiger partial charge in [0, 0.05) is 0 Å². The van der Waals surface area contributed by atoms with Gasteiger partial charge in [-0.15, -0.1) is 0 Å². The third kappa shape index (κ3) is 3.65. The fourth-order valence-corrected chi connectivity index (χ4v) is 0.478. The van der Waals surface area contributed by atoms with E-state index in [0.717, 1.165) is 12.2 Å². The van der Waals surface area contributed by atoms with Crippen molar-refractivity contribution in [2.75, 3.05) is 0 Å². The summed E-state index contributed by atoms with van der Waals surface area (Å²) in [5.41, 5.74) is -0.726. The summed E-state index contributed by atoms with van der Waals surface area (Å²) in [4.78, 5) is 0. The van der Waals surface area contributed by atoms with Crippen LogP contribution in [0.3, 0.4) is 0 Å². The standard InChI is InChI=1S/C8H9F3/c1-3-5-6-7(4-2)8(9,10)11/h3-6H,2H2,1H3/b5-3-,7-6+. The van der Waals surface area contributed by atoms with Crippen molar-refractivity contribution in [3.8, 4) is 0 Å². The molecule has 0 rings (SSSR count). The molecule has 0 aromatic carbocycles. The first kappa shape index (κ1) is 10.0. The van der Waals surface area contributed by atoms with Gasteiger partial charge in [-0.3, -0.25) is 0 Å². The molecule has 0 unspecified atom stereocenters. The second kappa shape index (κ2) is 4.01. The summed E-state index contributed by atoms with van der Waals surface area (Å²) in [6.45, 7) is 4.70. The van der Waals surface area contributed by atoms with Gasteiger partial charge < -0.3 is 0 Å². The average Bonchev–Trinajstić information content (AvgIpc) is 1.87. The van der Waals surface area contributed by atoms with Gasteiger partial charge in [-0.25, -0.2) is 0 Å². The number of allylic oxidation sites excluding steroid dienone is 5. The zero-order valence-electron chi connectivity index (χ0n) is 6.15. The highest BCUT2D eigenvalue weighted by Crippen LogP contribution is 2.25. The van der Waals surface area contributed by atoms with Crippen molar-refractivity contribution >= 4 is 0 Å². The molecule has 0 bridgehead atoms. The van der Waals surface area contributed by atoms with Gasteiger partial charge in [0.15, 0.2) is 0 Å². The highest BCUT2D eigenvalue weighted by Gasteiger charge is 2.30. The number of hydrogen-bond donors (Lipinski definition) is 0. The third-order valence-electron chi connectivity index (χ3n) is 1.02. The molecule has 0 aromatic heterocycles. The van der Waals surface area contributed by atoms with Crippen LogP contribution in [0.25, 0.3) is 0 Å². The van der Waals surface area contributed by atoms with Gasteiger partial charge in [0.1, 0.15) is 0 Å². The Morgan fingerprint density at radius 1 is 1.36 bits per heavy atom. The van der Waals surface area contributed by atoms with Gasteiger partial charge in [-0.1, -0.05) is 30.9 Å². The van der Waals surface area contributed by atoms with Crippen molar-refractivity contribution in [1.82, 2.24) is 0 Å². The van der Waals surface area contributed by atoms with Crippen LogP contribution in [0.5, 0.6) is 0 Å². The highest BCUT2D eigenvalue weighted by atomic mass is 19.4. The fourth-order valence-electron chi connectivity index (χ4n) is 0.478. The maximum Gasteiger partial charge on any atom is 0.416 e. The molecule has 0 nitrogen and oxygen atoms in total. The third-order valence-corrected chi connectivity index (χ3v) is 1.02. The van der Waals surface area contributed by atoms with Crippen molar-refractivity contribution in [2.24, 2.45) is 0 Å². The molecule has 0 aliphatic rings. The van der Waals surface area contributed by atoms with Crippen LogP contribution in [-0.4, -0.2) is 6.18 Å². The lowest BCUT2D eigenvalue weighted by Crippen LogP contribution is -2.09. The van der Waals surface area contributed by atoms with Crippen LogP contribution in [0, 0.1) is 0 Å². The molecule has 0 atom stereocenters. The minimum Gasteiger partial charge on any atom is -0.166 e. The first-order valence-corrected chi connectivity index (χ1v) is 3.05. The molecule has 62 valence electrons. The predicted molar refractivity (Wildman–Crippen MR) is 39.1 cm³/mol. The van der Waals surface area contributed by atoms with E-state index in [1.807, 2.05) is 0 Å². The zero-order chi connectivity index (χ0) is 8.91. The van der Waals surface area contributed by atoms with Crippen LogP contribution in [0.1, 0.15) is 6.92 Å². The van der Waals surface area contributed by atoms with E-state index >= 15 is 0 Å². The van der Waals surface area contributed by atoms with Gasteiger partial charge in [0.2, 0.25) is 0 Å². The lowest BCUT2D eigenvalue weighted by molar-refractivity contribution is -0.0881. The molecule has 0 saturated heterocycles. The van der Waals surface area contributed by atoms with Crippen LogP contribution >= 0.6 is 0 Å². The molecule has 0 saturated carbocycles. The Bertz CT molecular complexity index is 184. The summed E-state index contributed by atoms with van der Waals surface area (Å²) in [6, 6.07) is 0. The molecule has 0 radical (unpaired) electrons. The Morgan fingerprint density at radius 3 is 2.18 bits per heavy atom. The molecular formula is C8H9F3. The Labute approximate surface area is 63.7 Å². The van der Waals surface area contributed by atoms with Crippen LogP contribution in [-0.2, 0) is 0 Å². The average molecular weight is 162 g/mol. The molecule has 0 aliphatic carbocycles. The highest BCUT2D eigenvalue weighted by molar-refractivity contribution is 5.26. The minimum atomic E-state index is -4.29. The van der Waals surface area contributed by atoms with E-state index in [4.69, 9.17) is 0 Å². The summed E-state index contributed by atoms with van der Waals surface area (Å²) in [7, 11) is 0.